The number of sulfonamides is 1. The lowest BCUT2D eigenvalue weighted by Gasteiger charge is -2.08. The van der Waals surface area contributed by atoms with Crippen molar-refractivity contribution in [1.29, 1.82) is 0 Å². The van der Waals surface area contributed by atoms with Crippen LogP contribution in [0.3, 0.4) is 0 Å². The van der Waals surface area contributed by atoms with E-state index in [1.807, 2.05) is 12.1 Å². The van der Waals surface area contributed by atoms with Crippen LogP contribution < -0.4 is 10.0 Å². The molecule has 0 atom stereocenters. The molecular formula is C15H18N2O2S2. The molecule has 21 heavy (non-hydrogen) atoms. The van der Waals surface area contributed by atoms with Crippen molar-refractivity contribution in [2.24, 2.45) is 0 Å². The fourth-order valence-corrected chi connectivity index (χ4v) is 4.14. The fraction of sp³-hybridized carbons (Fsp3) is 0.333. The quantitative estimate of drug-likeness (QED) is 0.859. The summed E-state index contributed by atoms with van der Waals surface area (Å²) in [5.74, 6) is 0. The first-order chi connectivity index (χ1) is 10.0. The standard InChI is InChI=1S/C15H18N2O2S2/c1-11-2-7-14(20-11)10-16-12-5-8-15(9-6-12)21(18,19)17-13-3-4-13/h2,5-9,13,16-17H,3-4,10H2,1H3. The summed E-state index contributed by atoms with van der Waals surface area (Å²) in [6, 6.07) is 11.2. The van der Waals surface area contributed by atoms with Crippen LogP contribution >= 0.6 is 11.3 Å². The third kappa shape index (κ3) is 3.84. The van der Waals surface area contributed by atoms with E-state index in [1.54, 1.807) is 23.5 Å². The number of aryl methyl sites for hydroxylation is 1. The highest BCUT2D eigenvalue weighted by atomic mass is 32.2. The molecule has 1 heterocycles. The van der Waals surface area contributed by atoms with E-state index in [0.29, 0.717) is 4.90 Å². The van der Waals surface area contributed by atoms with Gasteiger partial charge in [-0.1, -0.05) is 0 Å². The van der Waals surface area contributed by atoms with Gasteiger partial charge in [0.1, 0.15) is 0 Å². The highest BCUT2D eigenvalue weighted by Gasteiger charge is 2.27. The number of anilines is 1. The smallest absolute Gasteiger partial charge is 0.240 e. The molecule has 2 aromatic rings. The molecule has 0 bridgehead atoms. The highest BCUT2D eigenvalue weighted by Crippen LogP contribution is 2.23. The molecule has 1 fully saturated rings. The van der Waals surface area contributed by atoms with Crippen molar-refractivity contribution in [3.8, 4) is 0 Å². The van der Waals surface area contributed by atoms with E-state index >= 15 is 0 Å². The first-order valence-electron chi connectivity index (χ1n) is 6.94. The molecule has 0 saturated heterocycles. The Morgan fingerprint density at radius 2 is 1.86 bits per heavy atom. The summed E-state index contributed by atoms with van der Waals surface area (Å²) < 4.78 is 26.8. The molecular weight excluding hydrogens is 304 g/mol. The molecule has 0 spiro atoms. The van der Waals surface area contributed by atoms with E-state index in [9.17, 15) is 8.42 Å². The normalized spacial score (nSPS) is 15.1. The number of hydrogen-bond donors (Lipinski definition) is 2. The van der Waals surface area contributed by atoms with Gasteiger partial charge in [-0.25, -0.2) is 13.1 Å². The number of hydrogen-bond acceptors (Lipinski definition) is 4. The highest BCUT2D eigenvalue weighted by molar-refractivity contribution is 7.89. The molecule has 6 heteroatoms. The third-order valence-electron chi connectivity index (χ3n) is 3.33. The molecule has 0 aliphatic heterocycles. The Hall–Kier alpha value is -1.37. The van der Waals surface area contributed by atoms with Crippen LogP contribution in [0.4, 0.5) is 5.69 Å². The van der Waals surface area contributed by atoms with Gasteiger partial charge in [-0.05, 0) is 56.2 Å². The Bertz CT molecular complexity index is 716. The van der Waals surface area contributed by atoms with Gasteiger partial charge in [0, 0.05) is 28.0 Å². The molecule has 0 radical (unpaired) electrons. The zero-order valence-electron chi connectivity index (χ0n) is 11.8. The Kier molecular flexibility index (Phi) is 4.01. The van der Waals surface area contributed by atoms with Gasteiger partial charge in [0.2, 0.25) is 10.0 Å². The second kappa shape index (κ2) is 5.79. The van der Waals surface area contributed by atoms with Gasteiger partial charge in [-0.15, -0.1) is 11.3 Å². The minimum Gasteiger partial charge on any atom is -0.380 e. The minimum atomic E-state index is -3.35. The van der Waals surface area contributed by atoms with Crippen molar-refractivity contribution < 1.29 is 8.42 Å². The van der Waals surface area contributed by atoms with Crippen molar-refractivity contribution in [3.63, 3.8) is 0 Å². The summed E-state index contributed by atoms with van der Waals surface area (Å²) in [7, 11) is -3.35. The van der Waals surface area contributed by atoms with Crippen LogP contribution in [0.2, 0.25) is 0 Å². The topological polar surface area (TPSA) is 58.2 Å². The Labute approximate surface area is 129 Å². The van der Waals surface area contributed by atoms with E-state index in [0.717, 1.165) is 25.1 Å². The van der Waals surface area contributed by atoms with Gasteiger partial charge < -0.3 is 5.32 Å². The molecule has 1 saturated carbocycles. The van der Waals surface area contributed by atoms with E-state index in [-0.39, 0.29) is 6.04 Å². The SMILES string of the molecule is Cc1ccc(CNc2ccc(S(=O)(=O)NC3CC3)cc2)s1. The van der Waals surface area contributed by atoms with Crippen molar-refractivity contribution in [1.82, 2.24) is 4.72 Å². The molecule has 0 amide bonds. The lowest BCUT2D eigenvalue weighted by molar-refractivity contribution is 0.581. The van der Waals surface area contributed by atoms with Gasteiger partial charge in [0.05, 0.1) is 4.90 Å². The maximum Gasteiger partial charge on any atom is 0.240 e. The molecule has 3 rings (SSSR count). The molecule has 112 valence electrons. The number of thiophene rings is 1. The van der Waals surface area contributed by atoms with Crippen LogP contribution in [-0.4, -0.2) is 14.5 Å². The Morgan fingerprint density at radius 3 is 2.43 bits per heavy atom. The van der Waals surface area contributed by atoms with E-state index in [2.05, 4.69) is 29.1 Å². The summed E-state index contributed by atoms with van der Waals surface area (Å²) in [5, 5.41) is 3.30. The van der Waals surface area contributed by atoms with Gasteiger partial charge >= 0.3 is 0 Å². The predicted octanol–water partition coefficient (Wildman–Crippen LogP) is 3.11. The monoisotopic (exact) mass is 322 g/mol. The van der Waals surface area contributed by atoms with Crippen LogP contribution in [0.1, 0.15) is 22.6 Å². The molecule has 1 aliphatic rings. The summed E-state index contributed by atoms with van der Waals surface area (Å²) in [5.41, 5.74) is 0.923. The second-order valence-electron chi connectivity index (χ2n) is 5.29. The average Bonchev–Trinajstić information content (AvgIpc) is 3.16. The average molecular weight is 322 g/mol. The Morgan fingerprint density at radius 1 is 1.14 bits per heavy atom. The maximum atomic E-state index is 12.0. The number of nitrogens with one attached hydrogen (secondary N) is 2. The largest absolute Gasteiger partial charge is 0.380 e. The van der Waals surface area contributed by atoms with Crippen LogP contribution in [-0.2, 0) is 16.6 Å². The van der Waals surface area contributed by atoms with Crippen LogP contribution in [0.25, 0.3) is 0 Å². The van der Waals surface area contributed by atoms with Crippen LogP contribution in [0.15, 0.2) is 41.3 Å². The molecule has 1 aliphatic carbocycles. The maximum absolute atomic E-state index is 12.0. The van der Waals surface area contributed by atoms with Crippen molar-refractivity contribution in [2.75, 3.05) is 5.32 Å². The van der Waals surface area contributed by atoms with Gasteiger partial charge in [-0.2, -0.15) is 0 Å². The predicted molar refractivity (Wildman–Crippen MR) is 86.2 cm³/mol. The van der Waals surface area contributed by atoms with Gasteiger partial charge in [-0.3, -0.25) is 0 Å². The zero-order chi connectivity index (χ0) is 14.9. The lowest BCUT2D eigenvalue weighted by Crippen LogP contribution is -2.25. The summed E-state index contributed by atoms with van der Waals surface area (Å²) in [6.07, 6.45) is 1.89. The Balaban J connectivity index is 1.63. The van der Waals surface area contributed by atoms with Crippen LogP contribution in [0.5, 0.6) is 0 Å². The second-order valence-corrected chi connectivity index (χ2v) is 8.37. The van der Waals surface area contributed by atoms with E-state index < -0.39 is 10.0 Å². The van der Waals surface area contributed by atoms with Gasteiger partial charge in [0.25, 0.3) is 0 Å². The van der Waals surface area contributed by atoms with Crippen LogP contribution in [0, 0.1) is 6.92 Å². The lowest BCUT2D eigenvalue weighted by atomic mass is 10.3. The first-order valence-corrected chi connectivity index (χ1v) is 9.24. The molecule has 1 aromatic carbocycles. The summed E-state index contributed by atoms with van der Waals surface area (Å²) in [6.45, 7) is 2.84. The molecule has 0 unspecified atom stereocenters. The summed E-state index contributed by atoms with van der Waals surface area (Å²) >= 11 is 1.76. The zero-order valence-corrected chi connectivity index (χ0v) is 13.4. The van der Waals surface area contributed by atoms with Gasteiger partial charge in [0.15, 0.2) is 0 Å². The van der Waals surface area contributed by atoms with Crippen molar-refractivity contribution >= 4 is 27.0 Å². The number of rotatable bonds is 6. The van der Waals surface area contributed by atoms with E-state index in [4.69, 9.17) is 0 Å². The first kappa shape index (κ1) is 14.6. The van der Waals surface area contributed by atoms with Crippen molar-refractivity contribution in [3.05, 3.63) is 46.2 Å². The van der Waals surface area contributed by atoms with E-state index in [1.165, 1.54) is 9.75 Å². The van der Waals surface area contributed by atoms with Crippen molar-refractivity contribution in [2.45, 2.75) is 37.2 Å². The molecule has 1 aromatic heterocycles. The minimum absolute atomic E-state index is 0.134. The third-order valence-corrected chi connectivity index (χ3v) is 5.86. The molecule has 4 nitrogen and oxygen atoms in total. The fourth-order valence-electron chi connectivity index (χ4n) is 2.01. The number of benzene rings is 1. The summed E-state index contributed by atoms with van der Waals surface area (Å²) in [4.78, 5) is 2.88. The molecule has 2 N–H and O–H groups in total.